The number of methoxy groups -OCH3 is 1. The Balaban J connectivity index is 1.57. The van der Waals surface area contributed by atoms with E-state index in [1.165, 1.54) is 0 Å². The maximum absolute atomic E-state index is 13.1. The smallest absolute Gasteiger partial charge is 0.318 e. The third kappa shape index (κ3) is 3.32. The number of nitrogens with zero attached hydrogens (tertiary/aromatic N) is 3. The lowest BCUT2D eigenvalue weighted by Crippen LogP contribution is -2.43. The fourth-order valence-corrected chi connectivity index (χ4v) is 4.76. The topological polar surface area (TPSA) is 96.7 Å². The van der Waals surface area contributed by atoms with Gasteiger partial charge in [0.15, 0.2) is 0 Å². The highest BCUT2D eigenvalue weighted by Gasteiger charge is 2.56. The zero-order chi connectivity index (χ0) is 20.6. The molecule has 4 rings (SSSR count). The summed E-state index contributed by atoms with van der Waals surface area (Å²) in [7, 11) is 3.49. The van der Waals surface area contributed by atoms with E-state index in [0.717, 1.165) is 24.2 Å². The number of aromatic nitrogens is 2. The number of fused-ring (bicyclic) bond motifs is 1. The molecule has 0 spiro atoms. The van der Waals surface area contributed by atoms with Crippen molar-refractivity contribution >= 4 is 12.0 Å². The minimum Gasteiger partial charge on any atom is -0.497 e. The molecule has 1 saturated carbocycles. The maximum Gasteiger partial charge on any atom is 0.318 e. The molecule has 1 aromatic heterocycles. The number of rotatable bonds is 5. The first-order valence-electron chi connectivity index (χ1n) is 9.84. The molecule has 1 aromatic carbocycles. The summed E-state index contributed by atoms with van der Waals surface area (Å²) in [5.41, 5.74) is 0.0803. The van der Waals surface area contributed by atoms with Crippen LogP contribution in [-0.4, -0.2) is 51.8 Å². The fraction of sp³-hybridized carbons (Fsp3) is 0.476. The summed E-state index contributed by atoms with van der Waals surface area (Å²) in [4.78, 5) is 31.1. The molecule has 1 unspecified atom stereocenters. The summed E-state index contributed by atoms with van der Waals surface area (Å²) < 4.78 is 7.10. The van der Waals surface area contributed by atoms with E-state index in [9.17, 15) is 14.7 Å². The number of hydrogen-bond donors (Lipinski definition) is 2. The van der Waals surface area contributed by atoms with Crippen LogP contribution in [0.4, 0.5) is 4.79 Å². The number of likely N-dealkylation sites (tertiary alicyclic amines) is 1. The molecule has 1 saturated heterocycles. The van der Waals surface area contributed by atoms with Crippen molar-refractivity contribution in [3.05, 3.63) is 48.0 Å². The Labute approximate surface area is 169 Å². The molecule has 154 valence electrons. The number of hydrogen-bond acceptors (Lipinski definition) is 4. The molecular formula is C21H26N4O4. The minimum absolute atomic E-state index is 0.0262. The van der Waals surface area contributed by atoms with Gasteiger partial charge in [0.25, 0.3) is 0 Å². The van der Waals surface area contributed by atoms with E-state index in [2.05, 4.69) is 10.3 Å². The predicted octanol–water partition coefficient (Wildman–Crippen LogP) is 2.41. The molecule has 1 aliphatic carbocycles. The summed E-state index contributed by atoms with van der Waals surface area (Å²) in [5.74, 6) is 0.676. The Morgan fingerprint density at radius 1 is 1.34 bits per heavy atom. The first kappa shape index (κ1) is 19.3. The largest absolute Gasteiger partial charge is 0.497 e. The highest BCUT2D eigenvalue weighted by molar-refractivity contribution is 5.81. The van der Waals surface area contributed by atoms with Gasteiger partial charge in [0.2, 0.25) is 0 Å². The number of urea groups is 1. The molecule has 8 nitrogen and oxygen atoms in total. The number of imidazole rings is 1. The van der Waals surface area contributed by atoms with Crippen LogP contribution in [0.3, 0.4) is 0 Å². The molecule has 2 aliphatic rings. The van der Waals surface area contributed by atoms with E-state index in [1.807, 2.05) is 42.1 Å². The summed E-state index contributed by atoms with van der Waals surface area (Å²) in [6, 6.07) is 6.78. The van der Waals surface area contributed by atoms with Crippen molar-refractivity contribution in [2.75, 3.05) is 20.2 Å². The molecule has 2 heterocycles. The number of aryl methyl sites for hydroxylation is 1. The van der Waals surface area contributed by atoms with Gasteiger partial charge in [0.05, 0.1) is 12.5 Å². The molecule has 0 radical (unpaired) electrons. The van der Waals surface area contributed by atoms with Crippen molar-refractivity contribution < 1.29 is 19.4 Å². The van der Waals surface area contributed by atoms with E-state index >= 15 is 0 Å². The van der Waals surface area contributed by atoms with Gasteiger partial charge >= 0.3 is 12.0 Å². The number of carbonyl (C=O) groups excluding carboxylic acids is 1. The van der Waals surface area contributed by atoms with Crippen LogP contribution in [0.1, 0.15) is 36.7 Å². The second-order valence-corrected chi connectivity index (χ2v) is 7.98. The molecule has 8 heteroatoms. The molecule has 2 N–H and O–H groups in total. The lowest BCUT2D eigenvalue weighted by molar-refractivity contribution is -0.149. The average molecular weight is 398 g/mol. The second-order valence-electron chi connectivity index (χ2n) is 7.98. The Morgan fingerprint density at radius 2 is 2.10 bits per heavy atom. The molecule has 2 aromatic rings. The Morgan fingerprint density at radius 3 is 2.69 bits per heavy atom. The lowest BCUT2D eigenvalue weighted by atomic mass is 9.81. The van der Waals surface area contributed by atoms with Crippen LogP contribution < -0.4 is 10.1 Å². The molecule has 29 heavy (non-hydrogen) atoms. The Hall–Kier alpha value is -3.03. The van der Waals surface area contributed by atoms with Gasteiger partial charge in [-0.1, -0.05) is 18.6 Å². The summed E-state index contributed by atoms with van der Waals surface area (Å²) in [6.45, 7) is 0.739. The standard InChI is InChI=1S/C21H26N4O4/c1-24-11-10-22-18(24)17(14-5-7-16(29-2)8-6-14)23-20(28)25-12-15-4-3-9-21(15,13-25)19(26)27/h5-8,10-11,15,17H,3-4,9,12-13H2,1-2H3,(H,23,28)(H,26,27)/t15-,17?,21+/m0/s1. The van der Waals surface area contributed by atoms with Crippen LogP contribution in [0.2, 0.25) is 0 Å². The van der Waals surface area contributed by atoms with Crippen molar-refractivity contribution in [1.29, 1.82) is 0 Å². The first-order chi connectivity index (χ1) is 13.9. The monoisotopic (exact) mass is 398 g/mol. The van der Waals surface area contributed by atoms with Gasteiger partial charge in [-0.2, -0.15) is 0 Å². The molecule has 3 atom stereocenters. The molecular weight excluding hydrogens is 372 g/mol. The number of ether oxygens (including phenoxy) is 1. The van der Waals surface area contributed by atoms with E-state index in [1.54, 1.807) is 18.2 Å². The Kier molecular flexibility index (Phi) is 4.94. The van der Waals surface area contributed by atoms with Gasteiger partial charge in [0.1, 0.15) is 17.6 Å². The highest BCUT2D eigenvalue weighted by atomic mass is 16.5. The van der Waals surface area contributed by atoms with Gasteiger partial charge in [-0.05, 0) is 36.5 Å². The molecule has 2 fully saturated rings. The normalized spacial score (nSPS) is 24.2. The van der Waals surface area contributed by atoms with Gasteiger partial charge in [-0.3, -0.25) is 4.79 Å². The third-order valence-electron chi connectivity index (χ3n) is 6.42. The van der Waals surface area contributed by atoms with Crippen molar-refractivity contribution in [2.45, 2.75) is 25.3 Å². The van der Waals surface area contributed by atoms with Crippen LogP contribution in [0.5, 0.6) is 5.75 Å². The van der Waals surface area contributed by atoms with E-state index in [0.29, 0.717) is 18.8 Å². The molecule has 2 amide bonds. The number of aliphatic carboxylic acids is 1. The van der Waals surface area contributed by atoms with Crippen LogP contribution in [0.15, 0.2) is 36.7 Å². The summed E-state index contributed by atoms with van der Waals surface area (Å²) >= 11 is 0. The SMILES string of the molecule is COc1ccc(C(NC(=O)N2C[C@@H]3CCC[C@@]3(C(=O)O)C2)c2nccn2C)cc1. The number of amides is 2. The Bertz CT molecular complexity index is 910. The maximum atomic E-state index is 13.1. The van der Waals surface area contributed by atoms with Crippen molar-refractivity contribution in [2.24, 2.45) is 18.4 Å². The second kappa shape index (κ2) is 7.42. The summed E-state index contributed by atoms with van der Waals surface area (Å²) in [6.07, 6.45) is 5.93. The van der Waals surface area contributed by atoms with Crippen LogP contribution in [-0.2, 0) is 11.8 Å². The van der Waals surface area contributed by atoms with Crippen molar-refractivity contribution in [3.63, 3.8) is 0 Å². The van der Waals surface area contributed by atoms with Gasteiger partial charge in [-0.25, -0.2) is 9.78 Å². The molecule has 0 bridgehead atoms. The van der Waals surface area contributed by atoms with Gasteiger partial charge in [-0.15, -0.1) is 0 Å². The number of carbonyl (C=O) groups is 2. The zero-order valence-electron chi connectivity index (χ0n) is 16.7. The predicted molar refractivity (Wildman–Crippen MR) is 106 cm³/mol. The average Bonchev–Trinajstić information content (AvgIpc) is 3.40. The third-order valence-corrected chi connectivity index (χ3v) is 6.42. The van der Waals surface area contributed by atoms with Crippen LogP contribution >= 0.6 is 0 Å². The number of nitrogens with one attached hydrogen (secondary N) is 1. The van der Waals surface area contributed by atoms with Crippen LogP contribution in [0.25, 0.3) is 0 Å². The van der Waals surface area contributed by atoms with Crippen molar-refractivity contribution in [1.82, 2.24) is 19.8 Å². The highest BCUT2D eigenvalue weighted by Crippen LogP contribution is 2.48. The lowest BCUT2D eigenvalue weighted by Gasteiger charge is -2.26. The van der Waals surface area contributed by atoms with Crippen molar-refractivity contribution in [3.8, 4) is 5.75 Å². The fourth-order valence-electron chi connectivity index (χ4n) is 4.76. The quantitative estimate of drug-likeness (QED) is 0.806. The molecule has 1 aliphatic heterocycles. The number of carboxylic acids is 1. The number of benzene rings is 1. The first-order valence-corrected chi connectivity index (χ1v) is 9.84. The summed E-state index contributed by atoms with van der Waals surface area (Å²) in [5, 5.41) is 12.9. The van der Waals surface area contributed by atoms with E-state index in [4.69, 9.17) is 4.74 Å². The van der Waals surface area contributed by atoms with E-state index in [-0.39, 0.29) is 18.5 Å². The van der Waals surface area contributed by atoms with Gasteiger partial charge < -0.3 is 24.6 Å². The van der Waals surface area contributed by atoms with Gasteiger partial charge in [0, 0.05) is 32.5 Å². The van der Waals surface area contributed by atoms with Crippen LogP contribution in [0, 0.1) is 11.3 Å². The minimum atomic E-state index is -0.795. The number of carboxylic acid groups (broad SMARTS) is 1. The van der Waals surface area contributed by atoms with E-state index < -0.39 is 17.4 Å². The zero-order valence-corrected chi connectivity index (χ0v) is 16.7.